The summed E-state index contributed by atoms with van der Waals surface area (Å²) in [5.41, 5.74) is 13.0. The molecule has 0 spiro atoms. The van der Waals surface area contributed by atoms with Crippen LogP contribution in [-0.4, -0.2) is 22.1 Å². The van der Waals surface area contributed by atoms with E-state index in [9.17, 15) is 4.79 Å². The van der Waals surface area contributed by atoms with Crippen molar-refractivity contribution in [3.63, 3.8) is 0 Å². The van der Waals surface area contributed by atoms with Gasteiger partial charge in [0.05, 0.1) is 12.1 Å². The molecule has 2 heterocycles. The van der Waals surface area contributed by atoms with E-state index in [1.54, 1.807) is 12.1 Å². The van der Waals surface area contributed by atoms with E-state index in [-0.39, 0.29) is 0 Å². The maximum absolute atomic E-state index is 11.2. The number of anilines is 1. The number of nitrogens with two attached hydrogens (primary N) is 2. The number of hydrogen-bond donors (Lipinski definition) is 2. The Balaban J connectivity index is 2.36. The number of aryl methyl sites for hydroxylation is 1. The number of carbonyl (C=O) groups excluding carboxylic acids is 1. The first-order valence-electron chi connectivity index (χ1n) is 5.39. The number of aromatic nitrogens is 2. The number of carbonyl (C=O) groups is 1. The smallest absolute Gasteiger partial charge is 0.248 e. The van der Waals surface area contributed by atoms with Crippen LogP contribution in [0.15, 0.2) is 12.1 Å². The number of nitrogen functional groups attached to an aromatic ring is 1. The summed E-state index contributed by atoms with van der Waals surface area (Å²) in [4.78, 5) is 15.4. The molecule has 0 aliphatic carbocycles. The number of ether oxygens (including phenoxy) is 1. The Labute approximate surface area is 97.2 Å². The number of primary amides is 1. The molecule has 0 unspecified atom stereocenters. The van der Waals surface area contributed by atoms with Crippen LogP contribution < -0.4 is 16.2 Å². The van der Waals surface area contributed by atoms with Crippen LogP contribution in [0.4, 0.5) is 5.95 Å². The van der Waals surface area contributed by atoms with Crippen molar-refractivity contribution < 1.29 is 9.53 Å². The lowest BCUT2D eigenvalue weighted by atomic mass is 10.1. The van der Waals surface area contributed by atoms with Gasteiger partial charge in [0.1, 0.15) is 11.3 Å². The predicted octanol–water partition coefficient (Wildman–Crippen LogP) is 0.500. The second-order valence-corrected chi connectivity index (χ2v) is 4.03. The Morgan fingerprint density at radius 3 is 3.06 bits per heavy atom. The van der Waals surface area contributed by atoms with Gasteiger partial charge in [-0.2, -0.15) is 0 Å². The summed E-state index contributed by atoms with van der Waals surface area (Å²) in [6, 6.07) is 3.29. The Kier molecular flexibility index (Phi) is 1.98. The van der Waals surface area contributed by atoms with Gasteiger partial charge in [-0.15, -0.1) is 0 Å². The molecule has 1 aliphatic rings. The number of imidazole rings is 1. The van der Waals surface area contributed by atoms with Gasteiger partial charge in [0, 0.05) is 12.1 Å². The van der Waals surface area contributed by atoms with Crippen LogP contribution in [0.3, 0.4) is 0 Å². The van der Waals surface area contributed by atoms with Crippen LogP contribution in [0.1, 0.15) is 16.8 Å². The lowest BCUT2D eigenvalue weighted by molar-refractivity contribution is 0.1000. The summed E-state index contributed by atoms with van der Waals surface area (Å²) in [6.45, 7) is 1.36. The molecular formula is C11H12N4O2. The van der Waals surface area contributed by atoms with Gasteiger partial charge >= 0.3 is 0 Å². The zero-order valence-electron chi connectivity index (χ0n) is 9.14. The summed E-state index contributed by atoms with van der Waals surface area (Å²) >= 11 is 0. The van der Waals surface area contributed by atoms with E-state index in [4.69, 9.17) is 16.2 Å². The molecule has 88 valence electrons. The minimum absolute atomic E-state index is 0.388. The minimum atomic E-state index is -0.496. The topological polar surface area (TPSA) is 96.2 Å². The van der Waals surface area contributed by atoms with Crippen LogP contribution in [0, 0.1) is 0 Å². The quantitative estimate of drug-likeness (QED) is 0.748. The predicted molar refractivity (Wildman–Crippen MR) is 62.8 cm³/mol. The first kappa shape index (κ1) is 9.95. The van der Waals surface area contributed by atoms with Crippen molar-refractivity contribution in [2.75, 3.05) is 12.3 Å². The van der Waals surface area contributed by atoms with E-state index in [0.717, 1.165) is 18.5 Å². The lowest BCUT2D eigenvalue weighted by Crippen LogP contribution is -2.11. The van der Waals surface area contributed by atoms with Gasteiger partial charge < -0.3 is 20.8 Å². The van der Waals surface area contributed by atoms with Gasteiger partial charge in [-0.05, 0) is 18.6 Å². The van der Waals surface area contributed by atoms with E-state index >= 15 is 0 Å². The summed E-state index contributed by atoms with van der Waals surface area (Å²) in [5, 5.41) is 0. The Bertz CT molecular complexity index is 617. The molecule has 2 aromatic rings. The second-order valence-electron chi connectivity index (χ2n) is 4.03. The molecule has 0 bridgehead atoms. The zero-order chi connectivity index (χ0) is 12.0. The highest BCUT2D eigenvalue weighted by Crippen LogP contribution is 2.31. The van der Waals surface area contributed by atoms with Gasteiger partial charge in [0.15, 0.2) is 0 Å². The lowest BCUT2D eigenvalue weighted by Gasteiger charge is -2.05. The number of amides is 1. The normalized spacial score (nSPS) is 14.4. The fourth-order valence-corrected chi connectivity index (χ4v) is 2.13. The first-order chi connectivity index (χ1) is 8.16. The van der Waals surface area contributed by atoms with Gasteiger partial charge in [0.2, 0.25) is 11.9 Å². The maximum Gasteiger partial charge on any atom is 0.248 e. The third-order valence-electron chi connectivity index (χ3n) is 2.90. The molecule has 3 rings (SSSR count). The molecule has 0 atom stereocenters. The average molecular weight is 232 g/mol. The number of hydrogen-bond acceptors (Lipinski definition) is 4. The summed E-state index contributed by atoms with van der Waals surface area (Å²) < 4.78 is 7.51. The van der Waals surface area contributed by atoms with Crippen molar-refractivity contribution in [2.45, 2.75) is 13.0 Å². The van der Waals surface area contributed by atoms with Crippen LogP contribution in [0.25, 0.3) is 11.0 Å². The first-order valence-corrected chi connectivity index (χ1v) is 5.39. The molecule has 6 nitrogen and oxygen atoms in total. The average Bonchev–Trinajstić information content (AvgIpc) is 2.48. The fraction of sp³-hybridized carbons (Fsp3) is 0.273. The highest BCUT2D eigenvalue weighted by molar-refractivity contribution is 5.98. The highest BCUT2D eigenvalue weighted by Gasteiger charge is 2.18. The van der Waals surface area contributed by atoms with Gasteiger partial charge in [0.25, 0.3) is 0 Å². The number of rotatable bonds is 1. The largest absolute Gasteiger partial charge is 0.491 e. The third kappa shape index (κ3) is 1.41. The van der Waals surface area contributed by atoms with Crippen LogP contribution in [-0.2, 0) is 6.54 Å². The van der Waals surface area contributed by atoms with Crippen molar-refractivity contribution in [3.05, 3.63) is 17.7 Å². The highest BCUT2D eigenvalue weighted by atomic mass is 16.5. The van der Waals surface area contributed by atoms with Crippen molar-refractivity contribution in [1.29, 1.82) is 0 Å². The van der Waals surface area contributed by atoms with Gasteiger partial charge in [-0.1, -0.05) is 0 Å². The Morgan fingerprint density at radius 1 is 1.47 bits per heavy atom. The molecule has 0 saturated carbocycles. The summed E-state index contributed by atoms with van der Waals surface area (Å²) in [7, 11) is 0. The second kappa shape index (κ2) is 3.38. The molecular weight excluding hydrogens is 220 g/mol. The molecule has 1 amide bonds. The van der Waals surface area contributed by atoms with E-state index in [0.29, 0.717) is 29.4 Å². The molecule has 1 aliphatic heterocycles. The maximum atomic E-state index is 11.2. The van der Waals surface area contributed by atoms with Crippen molar-refractivity contribution in [2.24, 2.45) is 5.73 Å². The van der Waals surface area contributed by atoms with Crippen LogP contribution in [0.2, 0.25) is 0 Å². The molecule has 6 heteroatoms. The fourth-order valence-electron chi connectivity index (χ4n) is 2.13. The molecule has 1 aromatic heterocycles. The standard InChI is InChI=1S/C11H12N4O2/c12-10(16)6-4-7-9-8(5-6)17-3-1-2-15(9)11(13)14-7/h4-5H,1-3H2,(H2,12,16)(H2,13,14). The molecule has 4 N–H and O–H groups in total. The van der Waals surface area contributed by atoms with E-state index in [1.165, 1.54) is 0 Å². The third-order valence-corrected chi connectivity index (χ3v) is 2.90. The Hall–Kier alpha value is -2.24. The van der Waals surface area contributed by atoms with Gasteiger partial charge in [-0.3, -0.25) is 4.79 Å². The van der Waals surface area contributed by atoms with E-state index < -0.39 is 5.91 Å². The van der Waals surface area contributed by atoms with Crippen molar-refractivity contribution in [1.82, 2.24) is 9.55 Å². The van der Waals surface area contributed by atoms with Crippen molar-refractivity contribution >= 4 is 22.9 Å². The number of benzene rings is 1. The molecule has 17 heavy (non-hydrogen) atoms. The van der Waals surface area contributed by atoms with E-state index in [2.05, 4.69) is 4.98 Å². The summed E-state index contributed by atoms with van der Waals surface area (Å²) in [5.74, 6) is 0.565. The van der Waals surface area contributed by atoms with Crippen LogP contribution in [0.5, 0.6) is 5.75 Å². The van der Waals surface area contributed by atoms with Gasteiger partial charge in [-0.25, -0.2) is 4.98 Å². The zero-order valence-corrected chi connectivity index (χ0v) is 9.14. The summed E-state index contributed by atoms with van der Waals surface area (Å²) in [6.07, 6.45) is 0.857. The van der Waals surface area contributed by atoms with E-state index in [1.807, 2.05) is 4.57 Å². The molecule has 1 aromatic carbocycles. The number of nitrogens with zero attached hydrogens (tertiary/aromatic N) is 2. The van der Waals surface area contributed by atoms with Crippen molar-refractivity contribution in [3.8, 4) is 5.75 Å². The molecule has 0 radical (unpaired) electrons. The molecule has 0 saturated heterocycles. The minimum Gasteiger partial charge on any atom is -0.491 e. The Morgan fingerprint density at radius 2 is 2.29 bits per heavy atom. The monoisotopic (exact) mass is 232 g/mol. The molecule has 0 fully saturated rings. The van der Waals surface area contributed by atoms with Crippen LogP contribution >= 0.6 is 0 Å². The SMILES string of the molecule is NC(=O)c1cc2c3c(c1)nc(N)n3CCCO2.